The highest BCUT2D eigenvalue weighted by molar-refractivity contribution is 14.0. The van der Waals surface area contributed by atoms with Crippen LogP contribution in [0.15, 0.2) is 29.3 Å². The monoisotopic (exact) mass is 463 g/mol. The normalized spacial score (nSPS) is 11.9. The minimum atomic E-state index is -0.164. The number of carbonyl (C=O) groups is 1. The van der Waals surface area contributed by atoms with E-state index < -0.39 is 0 Å². The zero-order valence-electron chi connectivity index (χ0n) is 15.5. The number of esters is 1. The molecule has 1 aromatic rings. The molecule has 25 heavy (non-hydrogen) atoms. The summed E-state index contributed by atoms with van der Waals surface area (Å²) in [6, 6.07) is 7.98. The van der Waals surface area contributed by atoms with Crippen LogP contribution >= 0.6 is 24.0 Å². The summed E-state index contributed by atoms with van der Waals surface area (Å²) in [5.74, 6) is 1.39. The molecule has 1 rings (SSSR count). The lowest BCUT2D eigenvalue weighted by Gasteiger charge is -2.18. The summed E-state index contributed by atoms with van der Waals surface area (Å²) >= 11 is 0. The Morgan fingerprint density at radius 1 is 1.32 bits per heavy atom. The van der Waals surface area contributed by atoms with Crippen LogP contribution in [-0.4, -0.2) is 44.8 Å². The first-order valence-corrected chi connectivity index (χ1v) is 8.38. The third kappa shape index (κ3) is 10.9. The Morgan fingerprint density at radius 2 is 2.08 bits per heavy atom. The molecule has 0 saturated heterocycles. The van der Waals surface area contributed by atoms with Crippen molar-refractivity contribution in [1.82, 2.24) is 10.6 Å². The highest BCUT2D eigenvalue weighted by Gasteiger charge is 2.06. The van der Waals surface area contributed by atoms with Gasteiger partial charge < -0.3 is 20.1 Å². The summed E-state index contributed by atoms with van der Waals surface area (Å²) in [5, 5.41) is 6.39. The van der Waals surface area contributed by atoms with Crippen LogP contribution in [0.2, 0.25) is 0 Å². The van der Waals surface area contributed by atoms with Crippen LogP contribution in [-0.2, 0) is 9.53 Å². The van der Waals surface area contributed by atoms with Gasteiger partial charge in [-0.15, -0.1) is 24.0 Å². The minimum absolute atomic E-state index is 0. The molecular formula is C18H30IN3O3. The maximum Gasteiger partial charge on any atom is 0.305 e. The van der Waals surface area contributed by atoms with Gasteiger partial charge >= 0.3 is 5.97 Å². The molecule has 142 valence electrons. The molecule has 0 aromatic heterocycles. The van der Waals surface area contributed by atoms with Gasteiger partial charge in [-0.3, -0.25) is 9.79 Å². The fourth-order valence-corrected chi connectivity index (χ4v) is 2.10. The third-order valence-electron chi connectivity index (χ3n) is 3.26. The van der Waals surface area contributed by atoms with Crippen molar-refractivity contribution in [2.45, 2.75) is 39.7 Å². The summed E-state index contributed by atoms with van der Waals surface area (Å²) in [6.07, 6.45) is 1.12. The van der Waals surface area contributed by atoms with Crippen LogP contribution in [0.4, 0.5) is 0 Å². The topological polar surface area (TPSA) is 72.0 Å². The van der Waals surface area contributed by atoms with E-state index in [0.717, 1.165) is 5.75 Å². The van der Waals surface area contributed by atoms with E-state index in [1.165, 1.54) is 5.56 Å². The van der Waals surface area contributed by atoms with Gasteiger partial charge in [0.15, 0.2) is 5.96 Å². The summed E-state index contributed by atoms with van der Waals surface area (Å²) in [7, 11) is 1.72. The van der Waals surface area contributed by atoms with E-state index in [-0.39, 0.29) is 36.0 Å². The first kappa shape index (κ1) is 23.5. The van der Waals surface area contributed by atoms with Gasteiger partial charge in [-0.1, -0.05) is 12.1 Å². The number of ether oxygens (including phenoxy) is 2. The Morgan fingerprint density at radius 3 is 2.72 bits per heavy atom. The van der Waals surface area contributed by atoms with Crippen molar-refractivity contribution < 1.29 is 14.3 Å². The summed E-state index contributed by atoms with van der Waals surface area (Å²) in [5.41, 5.74) is 1.17. The molecule has 7 heteroatoms. The van der Waals surface area contributed by atoms with Gasteiger partial charge in [0.05, 0.1) is 13.2 Å². The maximum absolute atomic E-state index is 11.3. The Balaban J connectivity index is 0.00000576. The van der Waals surface area contributed by atoms with Crippen molar-refractivity contribution in [1.29, 1.82) is 0 Å². The number of hydrogen-bond acceptors (Lipinski definition) is 4. The van der Waals surface area contributed by atoms with Crippen LogP contribution in [0.1, 0.15) is 32.3 Å². The molecule has 6 nitrogen and oxygen atoms in total. The number of halogens is 1. The highest BCUT2D eigenvalue weighted by Crippen LogP contribution is 2.13. The van der Waals surface area contributed by atoms with Gasteiger partial charge in [-0.2, -0.15) is 0 Å². The number of aryl methyl sites for hydroxylation is 1. The molecule has 1 aromatic carbocycles. The van der Waals surface area contributed by atoms with E-state index in [0.29, 0.717) is 38.5 Å². The van der Waals surface area contributed by atoms with Gasteiger partial charge in [0, 0.05) is 20.0 Å². The molecule has 0 heterocycles. The van der Waals surface area contributed by atoms with Crippen molar-refractivity contribution in [2.24, 2.45) is 4.99 Å². The lowest BCUT2D eigenvalue weighted by atomic mass is 10.2. The van der Waals surface area contributed by atoms with E-state index in [1.54, 1.807) is 7.05 Å². The minimum Gasteiger partial charge on any atom is -0.489 e. The Labute approximate surface area is 167 Å². The molecular weight excluding hydrogens is 433 g/mol. The number of carbonyl (C=O) groups excluding carboxylic acids is 1. The Kier molecular flexibility index (Phi) is 12.9. The molecule has 0 aliphatic carbocycles. The van der Waals surface area contributed by atoms with E-state index in [2.05, 4.69) is 15.6 Å². The lowest BCUT2D eigenvalue weighted by Crippen LogP contribution is -2.42. The predicted molar refractivity (Wildman–Crippen MR) is 112 cm³/mol. The van der Waals surface area contributed by atoms with Crippen LogP contribution < -0.4 is 15.4 Å². The third-order valence-corrected chi connectivity index (χ3v) is 3.26. The number of hydrogen-bond donors (Lipinski definition) is 2. The molecule has 0 spiro atoms. The Hall–Kier alpha value is -1.51. The summed E-state index contributed by atoms with van der Waals surface area (Å²) in [6.45, 7) is 7.56. The number of aliphatic imine (C=N–C) groups is 1. The average Bonchev–Trinajstić information content (AvgIpc) is 2.54. The van der Waals surface area contributed by atoms with Crippen molar-refractivity contribution >= 4 is 35.9 Å². The van der Waals surface area contributed by atoms with Crippen LogP contribution in [0.25, 0.3) is 0 Å². The largest absolute Gasteiger partial charge is 0.489 e. The first-order valence-electron chi connectivity index (χ1n) is 8.38. The second kappa shape index (κ2) is 13.7. The molecule has 1 unspecified atom stereocenters. The standard InChI is InChI=1S/C18H29N3O3.HI/c1-5-23-17(22)10-7-11-20-18(19-4)21-13-15(3)24-16-9-6-8-14(2)12-16;/h6,8-9,12,15H,5,7,10-11,13H2,1-4H3,(H2,19,20,21);1H. The zero-order valence-corrected chi connectivity index (χ0v) is 17.8. The van der Waals surface area contributed by atoms with Crippen molar-refractivity contribution in [3.8, 4) is 5.75 Å². The van der Waals surface area contributed by atoms with E-state index >= 15 is 0 Å². The van der Waals surface area contributed by atoms with Gasteiger partial charge in [0.1, 0.15) is 11.9 Å². The molecule has 0 radical (unpaired) electrons. The SMILES string of the molecule is CCOC(=O)CCCNC(=NC)NCC(C)Oc1cccc(C)c1.I. The Bertz CT molecular complexity index is 538. The number of benzene rings is 1. The fraction of sp³-hybridized carbons (Fsp3) is 0.556. The van der Waals surface area contributed by atoms with Gasteiger partial charge in [0.25, 0.3) is 0 Å². The molecule has 0 fully saturated rings. The molecule has 0 aliphatic heterocycles. The average molecular weight is 463 g/mol. The second-order valence-electron chi connectivity index (χ2n) is 5.53. The zero-order chi connectivity index (χ0) is 17.8. The van der Waals surface area contributed by atoms with Gasteiger partial charge in [-0.05, 0) is 44.9 Å². The molecule has 2 N–H and O–H groups in total. The number of guanidine groups is 1. The van der Waals surface area contributed by atoms with Crippen LogP contribution in [0.5, 0.6) is 5.75 Å². The number of nitrogens with one attached hydrogen (secondary N) is 2. The molecule has 0 saturated carbocycles. The predicted octanol–water partition coefficient (Wildman–Crippen LogP) is 2.89. The summed E-state index contributed by atoms with van der Waals surface area (Å²) in [4.78, 5) is 15.4. The molecule has 1 atom stereocenters. The number of nitrogens with zero attached hydrogens (tertiary/aromatic N) is 1. The molecule has 0 bridgehead atoms. The van der Waals surface area contributed by atoms with Crippen LogP contribution in [0, 0.1) is 6.92 Å². The van der Waals surface area contributed by atoms with E-state index in [4.69, 9.17) is 9.47 Å². The van der Waals surface area contributed by atoms with Gasteiger partial charge in [-0.25, -0.2) is 0 Å². The van der Waals surface area contributed by atoms with E-state index in [9.17, 15) is 4.79 Å². The quantitative estimate of drug-likeness (QED) is 0.194. The molecule has 0 amide bonds. The van der Waals surface area contributed by atoms with Crippen molar-refractivity contribution in [3.63, 3.8) is 0 Å². The van der Waals surface area contributed by atoms with Crippen molar-refractivity contribution in [2.75, 3.05) is 26.7 Å². The lowest BCUT2D eigenvalue weighted by molar-refractivity contribution is -0.143. The fourth-order valence-electron chi connectivity index (χ4n) is 2.10. The first-order chi connectivity index (χ1) is 11.5. The van der Waals surface area contributed by atoms with Crippen LogP contribution in [0.3, 0.4) is 0 Å². The van der Waals surface area contributed by atoms with Crippen molar-refractivity contribution in [3.05, 3.63) is 29.8 Å². The smallest absolute Gasteiger partial charge is 0.305 e. The summed E-state index contributed by atoms with van der Waals surface area (Å²) < 4.78 is 10.8. The van der Waals surface area contributed by atoms with Gasteiger partial charge in [0.2, 0.25) is 0 Å². The highest BCUT2D eigenvalue weighted by atomic mass is 127. The second-order valence-corrected chi connectivity index (χ2v) is 5.53. The van der Waals surface area contributed by atoms with E-state index in [1.807, 2.05) is 45.0 Å². The number of rotatable bonds is 9. The molecule has 0 aliphatic rings. The maximum atomic E-state index is 11.3.